The van der Waals surface area contributed by atoms with Gasteiger partial charge in [-0.3, -0.25) is 4.79 Å². The van der Waals surface area contributed by atoms with E-state index in [0.29, 0.717) is 5.92 Å². The second-order valence-corrected chi connectivity index (χ2v) is 5.99. The summed E-state index contributed by atoms with van der Waals surface area (Å²) >= 11 is 5.53. The molecule has 1 atom stereocenters. The molecular formula is C12H13BrO2S. The molecule has 0 aromatic heterocycles. The lowest BCUT2D eigenvalue weighted by molar-refractivity contribution is -0.136. The molecule has 1 heterocycles. The largest absolute Gasteiger partial charge is 0.481 e. The first-order chi connectivity index (χ1) is 7.66. The summed E-state index contributed by atoms with van der Waals surface area (Å²) in [4.78, 5) is 10.6. The summed E-state index contributed by atoms with van der Waals surface area (Å²) in [6.07, 6.45) is 1.32. The highest BCUT2D eigenvalue weighted by Gasteiger charge is 2.19. The molecule has 1 fully saturated rings. The molecule has 1 aromatic rings. The molecule has 16 heavy (non-hydrogen) atoms. The number of rotatable bonds is 3. The summed E-state index contributed by atoms with van der Waals surface area (Å²) in [5.41, 5.74) is 2.17. The van der Waals surface area contributed by atoms with Gasteiger partial charge < -0.3 is 5.11 Å². The van der Waals surface area contributed by atoms with Crippen LogP contribution in [0.4, 0.5) is 0 Å². The molecule has 1 aliphatic rings. The van der Waals surface area contributed by atoms with Gasteiger partial charge in [-0.25, -0.2) is 0 Å². The molecule has 0 bridgehead atoms. The monoisotopic (exact) mass is 300 g/mol. The van der Waals surface area contributed by atoms with Crippen LogP contribution in [-0.4, -0.2) is 22.6 Å². The third-order valence-electron chi connectivity index (χ3n) is 2.79. The number of hydrogen-bond donors (Lipinski definition) is 1. The Hall–Kier alpha value is -0.480. The molecule has 1 aliphatic heterocycles. The van der Waals surface area contributed by atoms with Crippen LogP contribution in [0, 0.1) is 0 Å². The molecule has 0 spiro atoms. The van der Waals surface area contributed by atoms with Crippen molar-refractivity contribution in [3.05, 3.63) is 33.8 Å². The number of carboxylic acids is 1. The Morgan fingerprint density at radius 2 is 2.38 bits per heavy atom. The average Bonchev–Trinajstić information content (AvgIpc) is 2.69. The molecule has 0 aliphatic carbocycles. The number of aliphatic carboxylic acids is 1. The molecule has 2 nitrogen and oxygen atoms in total. The third-order valence-corrected chi connectivity index (χ3v) is 4.64. The van der Waals surface area contributed by atoms with Crippen molar-refractivity contribution in [2.75, 3.05) is 11.5 Å². The lowest BCUT2D eigenvalue weighted by Gasteiger charge is -2.12. The van der Waals surface area contributed by atoms with Gasteiger partial charge >= 0.3 is 5.97 Å². The number of hydrogen-bond acceptors (Lipinski definition) is 2. The minimum atomic E-state index is -0.781. The minimum Gasteiger partial charge on any atom is -0.481 e. The van der Waals surface area contributed by atoms with Crippen LogP contribution in [0.25, 0.3) is 0 Å². The van der Waals surface area contributed by atoms with Crippen LogP contribution < -0.4 is 0 Å². The van der Waals surface area contributed by atoms with Crippen LogP contribution in [-0.2, 0) is 11.2 Å². The van der Waals surface area contributed by atoms with Crippen LogP contribution in [0.5, 0.6) is 0 Å². The summed E-state index contributed by atoms with van der Waals surface area (Å²) in [6.45, 7) is 0. The lowest BCUT2D eigenvalue weighted by Crippen LogP contribution is -2.02. The highest BCUT2D eigenvalue weighted by atomic mass is 79.9. The highest BCUT2D eigenvalue weighted by molar-refractivity contribution is 9.10. The van der Waals surface area contributed by atoms with Gasteiger partial charge in [-0.2, -0.15) is 11.8 Å². The van der Waals surface area contributed by atoms with Crippen molar-refractivity contribution in [3.8, 4) is 0 Å². The maximum atomic E-state index is 10.6. The van der Waals surface area contributed by atoms with Crippen molar-refractivity contribution < 1.29 is 9.90 Å². The Labute approximate surface area is 108 Å². The van der Waals surface area contributed by atoms with E-state index in [4.69, 9.17) is 5.11 Å². The number of carbonyl (C=O) groups is 1. The number of halogens is 1. The van der Waals surface area contributed by atoms with E-state index in [1.807, 2.05) is 23.9 Å². The first kappa shape index (κ1) is 12.0. The number of carboxylic acid groups (broad SMARTS) is 1. The number of benzene rings is 1. The van der Waals surface area contributed by atoms with Crippen LogP contribution >= 0.6 is 27.7 Å². The summed E-state index contributed by atoms with van der Waals surface area (Å²) < 4.78 is 1.05. The zero-order valence-corrected chi connectivity index (χ0v) is 11.2. The van der Waals surface area contributed by atoms with Gasteiger partial charge in [-0.15, -0.1) is 0 Å². The predicted octanol–water partition coefficient (Wildman–Crippen LogP) is 3.30. The second-order valence-electron chi connectivity index (χ2n) is 3.99. The Kier molecular flexibility index (Phi) is 3.92. The summed E-state index contributed by atoms with van der Waals surface area (Å²) in [6, 6.07) is 5.93. The molecule has 0 amide bonds. The van der Waals surface area contributed by atoms with Crippen molar-refractivity contribution in [2.45, 2.75) is 18.8 Å². The topological polar surface area (TPSA) is 37.3 Å². The van der Waals surface area contributed by atoms with E-state index in [1.54, 1.807) is 0 Å². The summed E-state index contributed by atoms with van der Waals surface area (Å²) in [5, 5.41) is 8.72. The van der Waals surface area contributed by atoms with Crippen LogP contribution in [0.15, 0.2) is 22.7 Å². The molecule has 1 N–H and O–H groups in total. The molecule has 0 radical (unpaired) electrons. The maximum absolute atomic E-state index is 10.6. The molecule has 86 valence electrons. The van der Waals surface area contributed by atoms with Crippen LogP contribution in [0.1, 0.15) is 23.5 Å². The summed E-state index contributed by atoms with van der Waals surface area (Å²) in [7, 11) is 0. The zero-order valence-electron chi connectivity index (χ0n) is 8.78. The van der Waals surface area contributed by atoms with Gasteiger partial charge in [0.2, 0.25) is 0 Å². The van der Waals surface area contributed by atoms with Crippen LogP contribution in [0.3, 0.4) is 0 Å². The lowest BCUT2D eigenvalue weighted by atomic mass is 9.97. The number of thioether (sulfide) groups is 1. The SMILES string of the molecule is O=C(O)Cc1ccc(C2CCSC2)c(Br)c1. The van der Waals surface area contributed by atoms with Crippen LogP contribution in [0.2, 0.25) is 0 Å². The first-order valence-corrected chi connectivity index (χ1v) is 7.19. The van der Waals surface area contributed by atoms with E-state index >= 15 is 0 Å². The molecule has 1 saturated heterocycles. The fourth-order valence-electron chi connectivity index (χ4n) is 1.97. The minimum absolute atomic E-state index is 0.0955. The maximum Gasteiger partial charge on any atom is 0.307 e. The van der Waals surface area contributed by atoms with Gasteiger partial charge in [0.25, 0.3) is 0 Å². The second kappa shape index (κ2) is 5.23. The van der Waals surface area contributed by atoms with E-state index < -0.39 is 5.97 Å². The smallest absolute Gasteiger partial charge is 0.307 e. The van der Waals surface area contributed by atoms with E-state index in [0.717, 1.165) is 10.0 Å². The van der Waals surface area contributed by atoms with E-state index in [-0.39, 0.29) is 6.42 Å². The van der Waals surface area contributed by atoms with Crippen molar-refractivity contribution >= 4 is 33.7 Å². The van der Waals surface area contributed by atoms with E-state index in [2.05, 4.69) is 22.0 Å². The Morgan fingerprint density at radius 1 is 1.56 bits per heavy atom. The average molecular weight is 301 g/mol. The van der Waals surface area contributed by atoms with Gasteiger partial charge in [-0.1, -0.05) is 28.1 Å². The standard InChI is InChI=1S/C12H13BrO2S/c13-11-5-8(6-12(14)15)1-2-10(11)9-3-4-16-7-9/h1-2,5,9H,3-4,6-7H2,(H,14,15). The molecular weight excluding hydrogens is 288 g/mol. The van der Waals surface area contributed by atoms with Gasteiger partial charge in [0.05, 0.1) is 6.42 Å². The van der Waals surface area contributed by atoms with Gasteiger partial charge in [0.15, 0.2) is 0 Å². The van der Waals surface area contributed by atoms with Crippen molar-refractivity contribution in [2.24, 2.45) is 0 Å². The van der Waals surface area contributed by atoms with Gasteiger partial charge in [0, 0.05) is 10.2 Å². The highest BCUT2D eigenvalue weighted by Crippen LogP contribution is 2.36. The fraction of sp³-hybridized carbons (Fsp3) is 0.417. The quantitative estimate of drug-likeness (QED) is 0.931. The van der Waals surface area contributed by atoms with Gasteiger partial charge in [0.1, 0.15) is 0 Å². The first-order valence-electron chi connectivity index (χ1n) is 5.24. The van der Waals surface area contributed by atoms with E-state index in [9.17, 15) is 4.79 Å². The molecule has 4 heteroatoms. The van der Waals surface area contributed by atoms with Gasteiger partial charge in [-0.05, 0) is 35.3 Å². The Bertz CT molecular complexity index is 400. The predicted molar refractivity (Wildman–Crippen MR) is 70.2 cm³/mol. The van der Waals surface area contributed by atoms with Crippen molar-refractivity contribution in [1.82, 2.24) is 0 Å². The molecule has 1 unspecified atom stereocenters. The fourth-order valence-corrected chi connectivity index (χ4v) is 3.96. The van der Waals surface area contributed by atoms with Crippen molar-refractivity contribution in [1.29, 1.82) is 0 Å². The van der Waals surface area contributed by atoms with E-state index in [1.165, 1.54) is 23.5 Å². The Balaban J connectivity index is 2.18. The third kappa shape index (κ3) is 2.80. The molecule has 1 aromatic carbocycles. The zero-order chi connectivity index (χ0) is 11.5. The normalized spacial score (nSPS) is 19.9. The summed E-state index contributed by atoms with van der Waals surface area (Å²) in [5.74, 6) is 2.25. The molecule has 2 rings (SSSR count). The molecule has 0 saturated carbocycles. The van der Waals surface area contributed by atoms with Crippen molar-refractivity contribution in [3.63, 3.8) is 0 Å². The Morgan fingerprint density at radius 3 is 2.94 bits per heavy atom.